The molecule has 0 saturated heterocycles. The van der Waals surface area contributed by atoms with Crippen LogP contribution in [-0.4, -0.2) is 5.11 Å². The molecule has 1 aliphatic rings. The number of aliphatic hydroxyl groups is 1. The van der Waals surface area contributed by atoms with Crippen molar-refractivity contribution in [3.05, 3.63) is 185 Å². The molecule has 0 saturated carbocycles. The normalized spacial score (nSPS) is 14.8. The lowest BCUT2D eigenvalue weighted by Crippen LogP contribution is -2.30. The van der Waals surface area contributed by atoms with E-state index in [-0.39, 0.29) is 0 Å². The summed E-state index contributed by atoms with van der Waals surface area (Å²) < 4.78 is 0. The van der Waals surface area contributed by atoms with Crippen molar-refractivity contribution in [1.29, 1.82) is 0 Å². The lowest BCUT2D eigenvalue weighted by atomic mass is 9.67. The Morgan fingerprint density at radius 3 is 1.11 bits per heavy atom. The fourth-order valence-electron chi connectivity index (χ4n) is 5.59. The van der Waals surface area contributed by atoms with Crippen molar-refractivity contribution in [2.24, 2.45) is 0 Å². The average molecular weight is 463 g/mol. The van der Waals surface area contributed by atoms with E-state index in [2.05, 4.69) is 109 Å². The van der Waals surface area contributed by atoms with Crippen LogP contribution in [0, 0.1) is 0 Å². The van der Waals surface area contributed by atoms with Crippen LogP contribution in [-0.2, 0) is 5.41 Å². The second kappa shape index (κ2) is 9.20. The van der Waals surface area contributed by atoms with Crippen LogP contribution in [0.1, 0.15) is 27.8 Å². The van der Waals surface area contributed by atoms with Gasteiger partial charge in [0.1, 0.15) is 11.2 Å². The molecule has 0 fully saturated rings. The molecule has 6 rings (SSSR count). The highest BCUT2D eigenvalue weighted by atomic mass is 16.3. The fourth-order valence-corrected chi connectivity index (χ4v) is 5.59. The maximum Gasteiger partial charge on any atom is 0.120 e. The maximum absolute atomic E-state index is 12.6. The van der Waals surface area contributed by atoms with Crippen LogP contribution in [0.5, 0.6) is 0 Å². The Labute approximate surface area is 212 Å². The van der Waals surface area contributed by atoms with Crippen molar-refractivity contribution in [2.75, 3.05) is 0 Å². The summed E-state index contributed by atoms with van der Waals surface area (Å²) in [5.41, 5.74) is 7.36. The molecule has 172 valence electrons. The van der Waals surface area contributed by atoms with E-state index in [1.54, 1.807) is 0 Å². The number of rotatable bonds is 5. The summed E-state index contributed by atoms with van der Waals surface area (Å²) in [7, 11) is 0. The molecule has 0 bridgehead atoms. The summed E-state index contributed by atoms with van der Waals surface area (Å²) >= 11 is 0. The first kappa shape index (κ1) is 21.9. The quantitative estimate of drug-likeness (QED) is 0.277. The second-order valence-electron chi connectivity index (χ2n) is 9.05. The highest BCUT2D eigenvalue weighted by Gasteiger charge is 2.51. The monoisotopic (exact) mass is 462 g/mol. The van der Waals surface area contributed by atoms with Crippen molar-refractivity contribution in [1.82, 2.24) is 0 Å². The van der Waals surface area contributed by atoms with Gasteiger partial charge in [-0.2, -0.15) is 0 Å². The van der Waals surface area contributed by atoms with Crippen molar-refractivity contribution in [3.8, 4) is 0 Å². The third kappa shape index (κ3) is 3.40. The van der Waals surface area contributed by atoms with E-state index < -0.39 is 5.41 Å². The molecule has 5 aromatic rings. The highest BCUT2D eigenvalue weighted by Crippen LogP contribution is 2.60. The van der Waals surface area contributed by atoms with E-state index in [9.17, 15) is 5.11 Å². The Morgan fingerprint density at radius 2 is 0.694 bits per heavy atom. The fraction of sp³-hybridized carbons (Fsp3) is 0.0286. The molecule has 0 atom stereocenters. The number of benzene rings is 5. The van der Waals surface area contributed by atoms with Gasteiger partial charge in [-0.3, -0.25) is 0 Å². The first-order chi connectivity index (χ1) is 17.8. The Bertz CT molecular complexity index is 1490. The summed E-state index contributed by atoms with van der Waals surface area (Å²) in [5.74, 6) is 0.351. The van der Waals surface area contributed by atoms with E-state index in [0.717, 1.165) is 44.5 Å². The summed E-state index contributed by atoms with van der Waals surface area (Å²) in [6, 6.07) is 52.0. The summed E-state index contributed by atoms with van der Waals surface area (Å²) in [5, 5.41) is 12.6. The van der Waals surface area contributed by atoms with Gasteiger partial charge in [0.2, 0.25) is 0 Å². The second-order valence-corrected chi connectivity index (χ2v) is 9.05. The Balaban J connectivity index is 1.85. The number of aliphatic hydroxyl groups excluding tert-OH is 1. The first-order valence-corrected chi connectivity index (χ1v) is 12.3. The molecule has 0 spiro atoms. The third-order valence-corrected chi connectivity index (χ3v) is 7.07. The summed E-state index contributed by atoms with van der Waals surface area (Å²) in [6.07, 6.45) is 0. The van der Waals surface area contributed by atoms with Crippen LogP contribution in [0.2, 0.25) is 0 Å². The molecule has 36 heavy (non-hydrogen) atoms. The van der Waals surface area contributed by atoms with Gasteiger partial charge in [-0.05, 0) is 39.0 Å². The summed E-state index contributed by atoms with van der Waals surface area (Å²) in [4.78, 5) is 0. The topological polar surface area (TPSA) is 20.2 Å². The van der Waals surface area contributed by atoms with Gasteiger partial charge < -0.3 is 5.11 Å². The molecule has 1 aliphatic carbocycles. The molecule has 0 heterocycles. The van der Waals surface area contributed by atoms with E-state index >= 15 is 0 Å². The van der Waals surface area contributed by atoms with Gasteiger partial charge in [0.15, 0.2) is 0 Å². The van der Waals surface area contributed by atoms with Crippen molar-refractivity contribution >= 4 is 16.7 Å². The molecule has 1 N–H and O–H groups in total. The van der Waals surface area contributed by atoms with Crippen molar-refractivity contribution in [2.45, 2.75) is 5.41 Å². The standard InChI is InChI=1S/C35H26O/c36-34-32(27-18-8-2-9-19-27)31(26-16-6-1-7-17-26)33(28-20-10-3-11-21-28)35(34,29-22-12-4-13-23-29)30-24-14-5-15-25-30/h1-25,36H. The molecule has 0 amide bonds. The molecule has 0 aromatic heterocycles. The van der Waals surface area contributed by atoms with Gasteiger partial charge >= 0.3 is 0 Å². The minimum atomic E-state index is -0.875. The van der Waals surface area contributed by atoms with Crippen LogP contribution < -0.4 is 0 Å². The molecule has 5 aromatic carbocycles. The third-order valence-electron chi connectivity index (χ3n) is 7.07. The lowest BCUT2D eigenvalue weighted by Gasteiger charge is -2.35. The molecule has 0 unspecified atom stereocenters. The van der Waals surface area contributed by atoms with Gasteiger partial charge in [-0.15, -0.1) is 0 Å². The molecule has 1 heteroatoms. The van der Waals surface area contributed by atoms with Gasteiger partial charge in [0.05, 0.1) is 0 Å². The van der Waals surface area contributed by atoms with Crippen LogP contribution in [0.3, 0.4) is 0 Å². The van der Waals surface area contributed by atoms with E-state index in [1.165, 1.54) is 0 Å². The maximum atomic E-state index is 12.6. The number of hydrogen-bond acceptors (Lipinski definition) is 1. The number of allylic oxidation sites excluding steroid dienone is 3. The largest absolute Gasteiger partial charge is 0.510 e. The van der Waals surface area contributed by atoms with Crippen LogP contribution in [0.4, 0.5) is 0 Å². The van der Waals surface area contributed by atoms with Gasteiger partial charge in [-0.25, -0.2) is 0 Å². The zero-order valence-electron chi connectivity index (χ0n) is 19.9. The minimum Gasteiger partial charge on any atom is -0.510 e. The Morgan fingerprint density at radius 1 is 0.361 bits per heavy atom. The predicted octanol–water partition coefficient (Wildman–Crippen LogP) is 8.57. The lowest BCUT2D eigenvalue weighted by molar-refractivity contribution is 0.362. The van der Waals surface area contributed by atoms with Gasteiger partial charge in [-0.1, -0.05) is 152 Å². The molecule has 0 radical (unpaired) electrons. The molecular formula is C35H26O. The SMILES string of the molecule is OC1=C(c2ccccc2)C(c2ccccc2)=C(c2ccccc2)C1(c1ccccc1)c1ccccc1. The molecule has 1 nitrogen and oxygen atoms in total. The van der Waals surface area contributed by atoms with Crippen LogP contribution in [0.25, 0.3) is 16.7 Å². The van der Waals surface area contributed by atoms with Gasteiger partial charge in [0.25, 0.3) is 0 Å². The summed E-state index contributed by atoms with van der Waals surface area (Å²) in [6.45, 7) is 0. The van der Waals surface area contributed by atoms with Crippen molar-refractivity contribution in [3.63, 3.8) is 0 Å². The first-order valence-electron chi connectivity index (χ1n) is 12.3. The van der Waals surface area contributed by atoms with E-state index in [1.807, 2.05) is 42.5 Å². The predicted molar refractivity (Wildman–Crippen MR) is 149 cm³/mol. The van der Waals surface area contributed by atoms with Crippen molar-refractivity contribution < 1.29 is 5.11 Å². The highest BCUT2D eigenvalue weighted by molar-refractivity contribution is 6.23. The number of hydrogen-bond donors (Lipinski definition) is 1. The minimum absolute atomic E-state index is 0.351. The van der Waals surface area contributed by atoms with E-state index in [0.29, 0.717) is 5.76 Å². The Hall–Kier alpha value is -4.62. The Kier molecular flexibility index (Phi) is 5.59. The average Bonchev–Trinajstić information content (AvgIpc) is 3.25. The van der Waals surface area contributed by atoms with Gasteiger partial charge in [0, 0.05) is 5.57 Å². The zero-order valence-corrected chi connectivity index (χ0v) is 19.9. The molecular weight excluding hydrogens is 436 g/mol. The van der Waals surface area contributed by atoms with Crippen LogP contribution in [0.15, 0.2) is 157 Å². The molecule has 0 aliphatic heterocycles. The smallest absolute Gasteiger partial charge is 0.120 e. The zero-order chi connectivity index (χ0) is 24.4. The van der Waals surface area contributed by atoms with E-state index in [4.69, 9.17) is 0 Å². The van der Waals surface area contributed by atoms with Crippen LogP contribution >= 0.6 is 0 Å².